The van der Waals surface area contributed by atoms with Crippen LogP contribution in [0.25, 0.3) is 0 Å². The van der Waals surface area contributed by atoms with Gasteiger partial charge in [-0.1, -0.05) is 41.9 Å². The molecule has 35 heavy (non-hydrogen) atoms. The fraction of sp³-hybridized carbons (Fsp3) is 0.259. The molecule has 1 heterocycles. The Morgan fingerprint density at radius 1 is 1.09 bits per heavy atom. The second kappa shape index (κ2) is 11.1. The quantitative estimate of drug-likeness (QED) is 0.343. The second-order valence-corrected chi connectivity index (χ2v) is 8.91. The van der Waals surface area contributed by atoms with Crippen LogP contribution < -0.4 is 25.8 Å². The molecule has 1 aliphatic rings. The lowest BCUT2D eigenvalue weighted by molar-refractivity contribution is -0.127. The maximum atomic E-state index is 13.4. The Morgan fingerprint density at radius 2 is 1.89 bits per heavy atom. The molecule has 0 saturated heterocycles. The Balaban J connectivity index is 1.40. The fourth-order valence-electron chi connectivity index (χ4n) is 3.95. The number of hydrogen-bond donors (Lipinski definition) is 2. The van der Waals surface area contributed by atoms with E-state index < -0.39 is 6.10 Å². The van der Waals surface area contributed by atoms with Crippen LogP contribution in [-0.2, 0) is 17.8 Å². The van der Waals surface area contributed by atoms with E-state index in [9.17, 15) is 4.79 Å². The van der Waals surface area contributed by atoms with Gasteiger partial charge in [-0.15, -0.1) is 0 Å². The zero-order chi connectivity index (χ0) is 24.8. The average Bonchev–Trinajstić information content (AvgIpc) is 2.83. The maximum absolute atomic E-state index is 13.4. The van der Waals surface area contributed by atoms with E-state index in [1.807, 2.05) is 73.7 Å². The standard InChI is InChI=1S/C27H29ClN4O3/c1-18-5-10-24-23(15-18)32(17-20-3-2-4-21(28)16-20)26(33)25(35-24)12-14-34-22-8-6-19(7-9-22)11-13-31-27(29)30/h2-10,15-16,25H,11-14,17H2,1H3,(H4,29,30,31). The van der Waals surface area contributed by atoms with Gasteiger partial charge in [-0.05, 0) is 66.4 Å². The van der Waals surface area contributed by atoms with Crippen LogP contribution >= 0.6 is 11.6 Å². The minimum Gasteiger partial charge on any atom is -0.493 e. The lowest BCUT2D eigenvalue weighted by Crippen LogP contribution is -2.46. The van der Waals surface area contributed by atoms with Gasteiger partial charge in [-0.3, -0.25) is 9.79 Å². The lowest BCUT2D eigenvalue weighted by Gasteiger charge is -2.34. The summed E-state index contributed by atoms with van der Waals surface area (Å²) in [5.74, 6) is 1.41. The van der Waals surface area contributed by atoms with Crippen molar-refractivity contribution in [1.82, 2.24) is 0 Å². The summed E-state index contributed by atoms with van der Waals surface area (Å²) in [6, 6.07) is 21.2. The molecule has 0 fully saturated rings. The van der Waals surface area contributed by atoms with Gasteiger partial charge in [0, 0.05) is 18.0 Å². The van der Waals surface area contributed by atoms with Crippen molar-refractivity contribution in [2.75, 3.05) is 18.1 Å². The van der Waals surface area contributed by atoms with E-state index in [1.165, 1.54) is 0 Å². The molecule has 4 rings (SSSR count). The Kier molecular flexibility index (Phi) is 7.77. The van der Waals surface area contributed by atoms with E-state index in [4.69, 9.17) is 32.5 Å². The summed E-state index contributed by atoms with van der Waals surface area (Å²) in [5.41, 5.74) is 14.6. The van der Waals surface area contributed by atoms with E-state index >= 15 is 0 Å². The largest absolute Gasteiger partial charge is 0.493 e. The second-order valence-electron chi connectivity index (χ2n) is 8.47. The molecule has 1 atom stereocenters. The number of rotatable bonds is 9. The summed E-state index contributed by atoms with van der Waals surface area (Å²) in [4.78, 5) is 19.2. The van der Waals surface area contributed by atoms with Gasteiger partial charge in [0.15, 0.2) is 12.1 Å². The van der Waals surface area contributed by atoms with E-state index in [-0.39, 0.29) is 11.9 Å². The van der Waals surface area contributed by atoms with Crippen LogP contribution in [0.15, 0.2) is 71.7 Å². The van der Waals surface area contributed by atoms with Gasteiger partial charge >= 0.3 is 0 Å². The molecule has 1 aliphatic heterocycles. The first-order valence-corrected chi connectivity index (χ1v) is 11.9. The predicted molar refractivity (Wildman–Crippen MR) is 139 cm³/mol. The summed E-state index contributed by atoms with van der Waals surface area (Å²) in [5, 5.41) is 0.639. The SMILES string of the molecule is Cc1ccc2c(c1)N(Cc1cccc(Cl)c1)C(=O)C(CCOc1ccc(CCN=C(N)N)cc1)O2. The monoisotopic (exact) mass is 492 g/mol. The van der Waals surface area contributed by atoms with Crippen LogP contribution in [0.4, 0.5) is 5.69 Å². The molecule has 1 unspecified atom stereocenters. The smallest absolute Gasteiger partial charge is 0.268 e. The number of hydrogen-bond acceptors (Lipinski definition) is 4. The highest BCUT2D eigenvalue weighted by Crippen LogP contribution is 2.36. The number of aliphatic imine (C=N–C) groups is 1. The molecule has 0 saturated carbocycles. The molecule has 7 nitrogen and oxygen atoms in total. The normalized spacial score (nSPS) is 14.7. The van der Waals surface area contributed by atoms with Crippen LogP contribution in [-0.4, -0.2) is 31.1 Å². The number of amides is 1. The van der Waals surface area contributed by atoms with Crippen molar-refractivity contribution in [3.05, 3.63) is 88.4 Å². The summed E-state index contributed by atoms with van der Waals surface area (Å²) >= 11 is 6.17. The van der Waals surface area contributed by atoms with Crippen molar-refractivity contribution < 1.29 is 14.3 Å². The fourth-order valence-corrected chi connectivity index (χ4v) is 4.16. The van der Waals surface area contributed by atoms with Crippen molar-refractivity contribution in [2.24, 2.45) is 16.5 Å². The molecule has 0 radical (unpaired) electrons. The molecule has 0 bridgehead atoms. The average molecular weight is 493 g/mol. The molecule has 8 heteroatoms. The lowest BCUT2D eigenvalue weighted by atomic mass is 10.1. The number of nitrogens with two attached hydrogens (primary N) is 2. The first-order chi connectivity index (χ1) is 16.9. The van der Waals surface area contributed by atoms with Crippen LogP contribution in [0.1, 0.15) is 23.1 Å². The molecule has 0 spiro atoms. The van der Waals surface area contributed by atoms with Gasteiger partial charge in [0.05, 0.1) is 18.8 Å². The molecule has 3 aromatic rings. The maximum Gasteiger partial charge on any atom is 0.268 e. The van der Waals surface area contributed by atoms with E-state index in [2.05, 4.69) is 4.99 Å². The summed E-state index contributed by atoms with van der Waals surface area (Å²) in [6.07, 6.45) is 0.525. The summed E-state index contributed by atoms with van der Waals surface area (Å²) in [6.45, 7) is 3.29. The van der Waals surface area contributed by atoms with Crippen LogP contribution in [0.2, 0.25) is 5.02 Å². The molecular formula is C27H29ClN4O3. The Morgan fingerprint density at radius 3 is 2.63 bits per heavy atom. The van der Waals surface area contributed by atoms with Crippen molar-refractivity contribution in [3.63, 3.8) is 0 Å². The number of aryl methyl sites for hydroxylation is 1. The number of benzene rings is 3. The number of carbonyl (C=O) groups excluding carboxylic acids is 1. The Labute approximate surface area is 210 Å². The third-order valence-electron chi connectivity index (χ3n) is 5.71. The zero-order valence-electron chi connectivity index (χ0n) is 19.6. The van der Waals surface area contributed by atoms with Gasteiger partial charge in [0.1, 0.15) is 11.5 Å². The number of anilines is 1. The molecule has 0 aliphatic carbocycles. The molecule has 1 amide bonds. The highest BCUT2D eigenvalue weighted by Gasteiger charge is 2.34. The van der Waals surface area contributed by atoms with Gasteiger partial charge in [0.25, 0.3) is 5.91 Å². The van der Waals surface area contributed by atoms with Gasteiger partial charge in [0.2, 0.25) is 0 Å². The summed E-state index contributed by atoms with van der Waals surface area (Å²) < 4.78 is 12.0. The van der Waals surface area contributed by atoms with Crippen molar-refractivity contribution in [3.8, 4) is 11.5 Å². The van der Waals surface area contributed by atoms with Gasteiger partial charge in [-0.25, -0.2) is 0 Å². The van der Waals surface area contributed by atoms with Gasteiger partial charge < -0.3 is 25.8 Å². The van der Waals surface area contributed by atoms with Crippen LogP contribution in [0, 0.1) is 6.92 Å². The Bertz CT molecular complexity index is 1210. The van der Waals surface area contributed by atoms with E-state index in [0.717, 1.165) is 34.5 Å². The topological polar surface area (TPSA) is 103 Å². The van der Waals surface area contributed by atoms with E-state index in [1.54, 1.807) is 4.90 Å². The third-order valence-corrected chi connectivity index (χ3v) is 5.95. The number of nitrogens with zero attached hydrogens (tertiary/aromatic N) is 2. The van der Waals surface area contributed by atoms with Crippen molar-refractivity contribution >= 4 is 29.2 Å². The predicted octanol–water partition coefficient (Wildman–Crippen LogP) is 4.23. The molecule has 4 N–H and O–H groups in total. The molecule has 0 aromatic heterocycles. The number of ether oxygens (including phenoxy) is 2. The van der Waals surface area contributed by atoms with Crippen LogP contribution in [0.3, 0.4) is 0 Å². The highest BCUT2D eigenvalue weighted by atomic mass is 35.5. The van der Waals surface area contributed by atoms with E-state index in [0.29, 0.717) is 36.9 Å². The number of guanidine groups is 1. The number of halogens is 1. The zero-order valence-corrected chi connectivity index (χ0v) is 20.4. The van der Waals surface area contributed by atoms with Crippen molar-refractivity contribution in [1.29, 1.82) is 0 Å². The number of fused-ring (bicyclic) bond motifs is 1. The molecule has 3 aromatic carbocycles. The van der Waals surface area contributed by atoms with Crippen molar-refractivity contribution in [2.45, 2.75) is 32.4 Å². The highest BCUT2D eigenvalue weighted by molar-refractivity contribution is 6.30. The first-order valence-electron chi connectivity index (χ1n) is 11.5. The summed E-state index contributed by atoms with van der Waals surface area (Å²) in [7, 11) is 0. The van der Waals surface area contributed by atoms with Gasteiger partial charge in [-0.2, -0.15) is 0 Å². The minimum absolute atomic E-state index is 0.0910. The van der Waals surface area contributed by atoms with Crippen LogP contribution in [0.5, 0.6) is 11.5 Å². The Hall–Kier alpha value is -3.71. The molecule has 182 valence electrons. The third kappa shape index (κ3) is 6.45. The number of carbonyl (C=O) groups is 1. The first kappa shape index (κ1) is 24.4. The molecular weight excluding hydrogens is 464 g/mol. The minimum atomic E-state index is -0.636.